The molecule has 0 spiro atoms. The average molecular weight is 210 g/mol. The molecule has 0 aliphatic carbocycles. The van der Waals surface area contributed by atoms with Crippen LogP contribution in [0.2, 0.25) is 0 Å². The number of carbonyl (C=O) groups is 1. The summed E-state index contributed by atoms with van der Waals surface area (Å²) < 4.78 is 1.39. The van der Waals surface area contributed by atoms with Crippen LogP contribution in [0.1, 0.15) is 10.5 Å². The molecule has 0 unspecified atom stereocenters. The van der Waals surface area contributed by atoms with Crippen molar-refractivity contribution in [2.24, 2.45) is 4.99 Å². The van der Waals surface area contributed by atoms with Crippen LogP contribution in [0.15, 0.2) is 17.5 Å². The number of hydrogen-bond donors (Lipinski definition) is 1. The molecule has 0 aliphatic rings. The highest BCUT2D eigenvalue weighted by molar-refractivity contribution is 8.13. The number of aliphatic imine (C=N–C) groups is 1. The van der Waals surface area contributed by atoms with Gasteiger partial charge in [-0.25, -0.2) is 9.78 Å². The minimum absolute atomic E-state index is 0.0790. The van der Waals surface area contributed by atoms with E-state index in [4.69, 9.17) is 10.4 Å². The molecular formula is C7H6N4O2S. The highest BCUT2D eigenvalue weighted by atomic mass is 32.2. The van der Waals surface area contributed by atoms with Gasteiger partial charge in [0.15, 0.2) is 10.9 Å². The van der Waals surface area contributed by atoms with Crippen LogP contribution in [0, 0.1) is 11.5 Å². The number of aromatic nitrogens is 2. The summed E-state index contributed by atoms with van der Waals surface area (Å²) in [5, 5.41) is 17.3. The lowest BCUT2D eigenvalue weighted by atomic mass is 10.5. The summed E-state index contributed by atoms with van der Waals surface area (Å²) in [6, 6.07) is 0. The third-order valence-corrected chi connectivity index (χ3v) is 2.02. The molecule has 1 aromatic heterocycles. The molecule has 0 radical (unpaired) electrons. The summed E-state index contributed by atoms with van der Waals surface area (Å²) in [5.74, 6) is -1.11. The van der Waals surface area contributed by atoms with E-state index in [9.17, 15) is 4.79 Å². The summed E-state index contributed by atoms with van der Waals surface area (Å²) >= 11 is 1.23. The van der Waals surface area contributed by atoms with Crippen LogP contribution in [-0.2, 0) is 0 Å². The molecule has 0 amide bonds. The lowest BCUT2D eigenvalue weighted by molar-refractivity contribution is 0.0691. The van der Waals surface area contributed by atoms with Gasteiger partial charge in [-0.15, -0.1) is 4.99 Å². The topological polar surface area (TPSA) is 91.3 Å². The van der Waals surface area contributed by atoms with Crippen molar-refractivity contribution in [2.45, 2.75) is 0 Å². The zero-order chi connectivity index (χ0) is 10.6. The summed E-state index contributed by atoms with van der Waals surface area (Å²) in [7, 11) is 0. The monoisotopic (exact) mass is 210 g/mol. The van der Waals surface area contributed by atoms with Crippen molar-refractivity contribution in [1.29, 1.82) is 5.26 Å². The van der Waals surface area contributed by atoms with Crippen LogP contribution >= 0.6 is 11.8 Å². The van der Waals surface area contributed by atoms with E-state index in [1.165, 1.54) is 28.9 Å². The predicted octanol–water partition coefficient (Wildman–Crippen LogP) is 0.629. The normalized spacial score (nSPS) is 11.0. The predicted molar refractivity (Wildman–Crippen MR) is 51.1 cm³/mol. The first-order chi connectivity index (χ1) is 6.69. The lowest BCUT2D eigenvalue weighted by Gasteiger charge is -1.98. The zero-order valence-electron chi connectivity index (χ0n) is 7.21. The van der Waals surface area contributed by atoms with Gasteiger partial charge in [0.1, 0.15) is 6.33 Å². The lowest BCUT2D eigenvalue weighted by Crippen LogP contribution is -2.04. The van der Waals surface area contributed by atoms with Crippen molar-refractivity contribution in [1.82, 2.24) is 9.55 Å². The summed E-state index contributed by atoms with van der Waals surface area (Å²) in [6.07, 6.45) is 5.96. The molecule has 1 aromatic rings. The quantitative estimate of drug-likeness (QED) is 0.417. The van der Waals surface area contributed by atoms with Crippen molar-refractivity contribution in [3.8, 4) is 6.19 Å². The van der Waals surface area contributed by atoms with Crippen LogP contribution in [0.25, 0.3) is 0 Å². The zero-order valence-corrected chi connectivity index (χ0v) is 8.02. The minimum atomic E-state index is -1.11. The molecule has 0 aromatic carbocycles. The van der Waals surface area contributed by atoms with Crippen molar-refractivity contribution in [2.75, 3.05) is 6.26 Å². The van der Waals surface area contributed by atoms with E-state index < -0.39 is 5.97 Å². The Bertz CT molecular complexity index is 418. The number of carboxylic acid groups (broad SMARTS) is 1. The fraction of sp³-hybridized carbons (Fsp3) is 0.143. The number of carboxylic acids is 1. The van der Waals surface area contributed by atoms with Crippen molar-refractivity contribution in [3.05, 3.63) is 18.2 Å². The third kappa shape index (κ3) is 2.11. The largest absolute Gasteiger partial charge is 0.476 e. The summed E-state index contributed by atoms with van der Waals surface area (Å²) in [4.78, 5) is 17.6. The van der Waals surface area contributed by atoms with E-state index in [1.54, 1.807) is 12.4 Å². The second kappa shape index (κ2) is 4.43. The van der Waals surface area contributed by atoms with E-state index in [0.717, 1.165) is 0 Å². The van der Waals surface area contributed by atoms with Crippen molar-refractivity contribution in [3.63, 3.8) is 0 Å². The number of nitriles is 1. The van der Waals surface area contributed by atoms with E-state index in [2.05, 4.69) is 9.98 Å². The number of nitrogens with zero attached hydrogens (tertiary/aromatic N) is 4. The maximum absolute atomic E-state index is 10.5. The van der Waals surface area contributed by atoms with Crippen molar-refractivity contribution < 1.29 is 9.90 Å². The molecule has 72 valence electrons. The van der Waals surface area contributed by atoms with E-state index in [0.29, 0.717) is 5.17 Å². The van der Waals surface area contributed by atoms with Crippen molar-refractivity contribution >= 4 is 22.9 Å². The smallest absolute Gasteiger partial charge is 0.356 e. The molecule has 0 bridgehead atoms. The van der Waals surface area contributed by atoms with Crippen LogP contribution < -0.4 is 0 Å². The van der Waals surface area contributed by atoms with Crippen LogP contribution in [0.4, 0.5) is 0 Å². The number of hydrogen-bond acceptors (Lipinski definition) is 5. The molecule has 1 N–H and O–H groups in total. The number of aromatic carboxylic acids is 1. The maximum atomic E-state index is 10.5. The minimum Gasteiger partial charge on any atom is -0.476 e. The maximum Gasteiger partial charge on any atom is 0.356 e. The van der Waals surface area contributed by atoms with E-state index in [-0.39, 0.29) is 5.69 Å². The fourth-order valence-corrected chi connectivity index (χ4v) is 1.23. The Kier molecular flexibility index (Phi) is 3.25. The van der Waals surface area contributed by atoms with Crippen LogP contribution in [-0.4, -0.2) is 32.1 Å². The standard InChI is InChI=1S/C7H6N4O2S/c1-14-7(9-3-8)11-2-5(6(12)13)10-4-11/h2,4H,1H3,(H,12,13). The first-order valence-electron chi connectivity index (χ1n) is 3.47. The highest BCUT2D eigenvalue weighted by Gasteiger charge is 2.08. The van der Waals surface area contributed by atoms with E-state index in [1.807, 2.05) is 0 Å². The SMILES string of the molecule is CSC(=NC#N)n1cnc(C(=O)O)c1. The second-order valence-electron chi connectivity index (χ2n) is 2.17. The molecule has 0 aliphatic heterocycles. The first-order valence-corrected chi connectivity index (χ1v) is 4.70. The van der Waals surface area contributed by atoms with Gasteiger partial charge in [-0.05, 0) is 6.26 Å². The Balaban J connectivity index is 3.02. The van der Waals surface area contributed by atoms with Gasteiger partial charge >= 0.3 is 5.97 Å². The van der Waals surface area contributed by atoms with Gasteiger partial charge in [-0.2, -0.15) is 5.26 Å². The number of rotatable bonds is 1. The Labute approximate surface area is 83.9 Å². The van der Waals surface area contributed by atoms with E-state index >= 15 is 0 Å². The molecule has 7 heteroatoms. The molecule has 6 nitrogen and oxygen atoms in total. The molecule has 14 heavy (non-hydrogen) atoms. The van der Waals surface area contributed by atoms with Gasteiger partial charge in [0.2, 0.25) is 6.19 Å². The molecule has 1 rings (SSSR count). The molecular weight excluding hydrogens is 204 g/mol. The van der Waals surface area contributed by atoms with Crippen LogP contribution in [0.5, 0.6) is 0 Å². The number of imidazole rings is 1. The summed E-state index contributed by atoms with van der Waals surface area (Å²) in [6.45, 7) is 0. The second-order valence-corrected chi connectivity index (χ2v) is 2.94. The highest BCUT2D eigenvalue weighted by Crippen LogP contribution is 2.04. The van der Waals surface area contributed by atoms with Crippen LogP contribution in [0.3, 0.4) is 0 Å². The Morgan fingerprint density at radius 1 is 1.86 bits per heavy atom. The Hall–Kier alpha value is -1.81. The third-order valence-electron chi connectivity index (χ3n) is 1.35. The van der Waals surface area contributed by atoms with Gasteiger partial charge in [-0.1, -0.05) is 11.8 Å². The molecule has 0 saturated heterocycles. The van der Waals surface area contributed by atoms with Gasteiger partial charge in [0.05, 0.1) is 0 Å². The Morgan fingerprint density at radius 3 is 3.00 bits per heavy atom. The van der Waals surface area contributed by atoms with Gasteiger partial charge < -0.3 is 5.11 Å². The molecule has 0 saturated carbocycles. The first kappa shape index (κ1) is 10.3. The van der Waals surface area contributed by atoms with Gasteiger partial charge in [0.25, 0.3) is 0 Å². The number of thioether (sulfide) groups is 1. The average Bonchev–Trinajstić information content (AvgIpc) is 2.63. The molecule has 0 fully saturated rings. The summed E-state index contributed by atoms with van der Waals surface area (Å²) in [5.41, 5.74) is -0.0790. The Morgan fingerprint density at radius 2 is 2.57 bits per heavy atom. The van der Waals surface area contributed by atoms with Gasteiger partial charge in [0, 0.05) is 6.20 Å². The molecule has 0 atom stereocenters. The molecule has 1 heterocycles. The van der Waals surface area contributed by atoms with Gasteiger partial charge in [-0.3, -0.25) is 4.57 Å². The fourth-order valence-electron chi connectivity index (χ4n) is 0.789.